The predicted molar refractivity (Wildman–Crippen MR) is 73.1 cm³/mol. The van der Waals surface area contributed by atoms with E-state index in [4.69, 9.17) is 0 Å². The fraction of sp³-hybridized carbons (Fsp3) is 0.385. The number of carboxylic acid groups (broad SMARTS) is 1. The highest BCUT2D eigenvalue weighted by Gasteiger charge is 2.20. The highest BCUT2D eigenvalue weighted by Crippen LogP contribution is 2.28. The average molecular weight is 264 g/mol. The van der Waals surface area contributed by atoms with E-state index in [2.05, 4.69) is 11.9 Å². The quantitative estimate of drug-likeness (QED) is 0.843. The van der Waals surface area contributed by atoms with Gasteiger partial charge in [-0.05, 0) is 25.5 Å². The molecule has 0 aliphatic carbocycles. The number of aliphatic carboxylic acids is 1. The van der Waals surface area contributed by atoms with Crippen LogP contribution in [0.15, 0.2) is 29.4 Å². The van der Waals surface area contributed by atoms with Crippen molar-refractivity contribution in [3.63, 3.8) is 0 Å². The molecule has 96 valence electrons. The molecule has 0 spiro atoms. The average Bonchev–Trinajstić information content (AvgIpc) is 2.73. The van der Waals surface area contributed by atoms with E-state index in [-0.39, 0.29) is 0 Å². The zero-order valence-corrected chi connectivity index (χ0v) is 11.3. The third-order valence-corrected chi connectivity index (χ3v) is 3.90. The molecule has 0 saturated carbocycles. The van der Waals surface area contributed by atoms with Crippen LogP contribution in [0.2, 0.25) is 0 Å². The topological polar surface area (TPSA) is 55.1 Å². The summed E-state index contributed by atoms with van der Waals surface area (Å²) in [5.74, 6) is 0.104. The monoisotopic (exact) mass is 264 g/mol. The van der Waals surface area contributed by atoms with Crippen LogP contribution in [0.5, 0.6) is 0 Å². The van der Waals surface area contributed by atoms with E-state index >= 15 is 0 Å². The molecule has 0 aliphatic heterocycles. The molecule has 0 amide bonds. The van der Waals surface area contributed by atoms with Crippen LogP contribution in [0.4, 0.5) is 0 Å². The number of aromatic nitrogens is 2. The standard InChI is InChI=1S/C13H16N2O2S/c1-3-8-18-13-14-10-6-4-5-7-11(10)15(13)9(2)12(16)17/h4-7,9H,3,8H2,1-2H3,(H,16,17)/t9-/m1/s1. The van der Waals surface area contributed by atoms with Crippen LogP contribution >= 0.6 is 11.8 Å². The Morgan fingerprint density at radius 2 is 2.22 bits per heavy atom. The molecule has 0 bridgehead atoms. The second kappa shape index (κ2) is 5.44. The molecular weight excluding hydrogens is 248 g/mol. The number of imidazole rings is 1. The molecule has 0 saturated heterocycles. The highest BCUT2D eigenvalue weighted by molar-refractivity contribution is 7.99. The fourth-order valence-electron chi connectivity index (χ4n) is 1.80. The highest BCUT2D eigenvalue weighted by atomic mass is 32.2. The van der Waals surface area contributed by atoms with Gasteiger partial charge in [-0.2, -0.15) is 0 Å². The Morgan fingerprint density at radius 1 is 1.50 bits per heavy atom. The summed E-state index contributed by atoms with van der Waals surface area (Å²) < 4.78 is 1.80. The van der Waals surface area contributed by atoms with Gasteiger partial charge in [0.25, 0.3) is 0 Å². The molecule has 2 aromatic rings. The van der Waals surface area contributed by atoms with E-state index in [1.807, 2.05) is 24.3 Å². The first-order valence-electron chi connectivity index (χ1n) is 5.97. The number of hydrogen-bond acceptors (Lipinski definition) is 3. The first-order valence-corrected chi connectivity index (χ1v) is 6.96. The van der Waals surface area contributed by atoms with Crippen LogP contribution in [-0.2, 0) is 4.79 Å². The molecule has 1 heterocycles. The van der Waals surface area contributed by atoms with Gasteiger partial charge >= 0.3 is 5.97 Å². The van der Waals surface area contributed by atoms with E-state index in [0.29, 0.717) is 0 Å². The molecule has 5 heteroatoms. The molecule has 1 aromatic carbocycles. The van der Waals surface area contributed by atoms with Crippen molar-refractivity contribution in [3.8, 4) is 0 Å². The molecule has 0 aliphatic rings. The number of carboxylic acids is 1. The number of benzene rings is 1. The lowest BCUT2D eigenvalue weighted by Gasteiger charge is -2.12. The SMILES string of the molecule is CCCSc1nc2ccccc2n1[C@H](C)C(=O)O. The maximum absolute atomic E-state index is 11.2. The van der Waals surface area contributed by atoms with Crippen molar-refractivity contribution >= 4 is 28.8 Å². The Hall–Kier alpha value is -1.49. The Kier molecular flexibility index (Phi) is 3.91. The lowest BCUT2D eigenvalue weighted by Crippen LogP contribution is -2.16. The Bertz CT molecular complexity index is 565. The summed E-state index contributed by atoms with van der Waals surface area (Å²) in [6.07, 6.45) is 1.04. The maximum atomic E-state index is 11.2. The molecule has 18 heavy (non-hydrogen) atoms. The molecular formula is C13H16N2O2S. The number of rotatable bonds is 5. The molecule has 2 rings (SSSR count). The normalized spacial score (nSPS) is 12.8. The number of thioether (sulfide) groups is 1. The van der Waals surface area contributed by atoms with Crippen molar-refractivity contribution in [2.75, 3.05) is 5.75 Å². The molecule has 4 nitrogen and oxygen atoms in total. The first kappa shape index (κ1) is 13.0. The van der Waals surface area contributed by atoms with E-state index < -0.39 is 12.0 Å². The van der Waals surface area contributed by atoms with Crippen molar-refractivity contribution in [1.29, 1.82) is 0 Å². The van der Waals surface area contributed by atoms with Gasteiger partial charge in [-0.15, -0.1) is 0 Å². The van der Waals surface area contributed by atoms with Gasteiger partial charge in [0.15, 0.2) is 5.16 Å². The number of para-hydroxylation sites is 2. The molecule has 0 unspecified atom stereocenters. The van der Waals surface area contributed by atoms with Crippen molar-refractivity contribution in [1.82, 2.24) is 9.55 Å². The zero-order chi connectivity index (χ0) is 13.1. The Morgan fingerprint density at radius 3 is 2.89 bits per heavy atom. The minimum absolute atomic E-state index is 0.600. The fourth-order valence-corrected chi connectivity index (χ4v) is 2.75. The lowest BCUT2D eigenvalue weighted by molar-refractivity contribution is -0.140. The summed E-state index contributed by atoms with van der Waals surface area (Å²) in [4.78, 5) is 15.7. The summed E-state index contributed by atoms with van der Waals surface area (Å²) in [5.41, 5.74) is 1.73. The van der Waals surface area contributed by atoms with Crippen molar-refractivity contribution < 1.29 is 9.90 Å². The van der Waals surface area contributed by atoms with Crippen LogP contribution < -0.4 is 0 Å². The number of hydrogen-bond donors (Lipinski definition) is 1. The minimum Gasteiger partial charge on any atom is -0.480 e. The Balaban J connectivity index is 2.53. The smallest absolute Gasteiger partial charge is 0.326 e. The lowest BCUT2D eigenvalue weighted by atomic mass is 10.3. The van der Waals surface area contributed by atoms with Gasteiger partial charge in [-0.1, -0.05) is 30.8 Å². The maximum Gasteiger partial charge on any atom is 0.326 e. The van der Waals surface area contributed by atoms with Gasteiger partial charge in [0.2, 0.25) is 0 Å². The van der Waals surface area contributed by atoms with Crippen molar-refractivity contribution in [2.24, 2.45) is 0 Å². The summed E-state index contributed by atoms with van der Waals surface area (Å²) in [5, 5.41) is 9.99. The van der Waals surface area contributed by atoms with Gasteiger partial charge in [0.1, 0.15) is 6.04 Å². The van der Waals surface area contributed by atoms with E-state index in [1.54, 1.807) is 23.3 Å². The largest absolute Gasteiger partial charge is 0.480 e. The van der Waals surface area contributed by atoms with Crippen LogP contribution in [0.25, 0.3) is 11.0 Å². The zero-order valence-electron chi connectivity index (χ0n) is 10.5. The molecule has 1 N–H and O–H groups in total. The van der Waals surface area contributed by atoms with Gasteiger partial charge in [-0.3, -0.25) is 0 Å². The molecule has 1 aromatic heterocycles. The summed E-state index contributed by atoms with van der Waals surface area (Å²) in [6.45, 7) is 3.78. The van der Waals surface area contributed by atoms with Crippen molar-refractivity contribution in [3.05, 3.63) is 24.3 Å². The number of carbonyl (C=O) groups is 1. The molecule has 0 fully saturated rings. The number of nitrogens with zero attached hydrogens (tertiary/aromatic N) is 2. The van der Waals surface area contributed by atoms with Crippen LogP contribution in [-0.4, -0.2) is 26.4 Å². The van der Waals surface area contributed by atoms with Crippen LogP contribution in [0.1, 0.15) is 26.3 Å². The van der Waals surface area contributed by atoms with Gasteiger partial charge in [-0.25, -0.2) is 9.78 Å². The molecule has 0 radical (unpaired) electrons. The second-order valence-electron chi connectivity index (χ2n) is 4.12. The minimum atomic E-state index is -0.837. The van der Waals surface area contributed by atoms with E-state index in [9.17, 15) is 9.90 Å². The van der Waals surface area contributed by atoms with Gasteiger partial charge < -0.3 is 9.67 Å². The van der Waals surface area contributed by atoms with Gasteiger partial charge in [0, 0.05) is 5.75 Å². The summed E-state index contributed by atoms with van der Waals surface area (Å²) in [7, 11) is 0. The van der Waals surface area contributed by atoms with E-state index in [0.717, 1.165) is 28.4 Å². The van der Waals surface area contributed by atoms with E-state index in [1.165, 1.54) is 0 Å². The predicted octanol–water partition coefficient (Wildman–Crippen LogP) is 3.18. The third kappa shape index (κ3) is 2.36. The summed E-state index contributed by atoms with van der Waals surface area (Å²) in [6, 6.07) is 7.05. The second-order valence-corrected chi connectivity index (χ2v) is 5.18. The summed E-state index contributed by atoms with van der Waals surface area (Å²) >= 11 is 1.61. The third-order valence-electron chi connectivity index (χ3n) is 2.74. The van der Waals surface area contributed by atoms with Crippen LogP contribution in [0.3, 0.4) is 0 Å². The van der Waals surface area contributed by atoms with Crippen LogP contribution in [0, 0.1) is 0 Å². The Labute approximate surface area is 110 Å². The first-order chi connectivity index (χ1) is 8.65. The number of fused-ring (bicyclic) bond motifs is 1. The molecule has 1 atom stereocenters. The van der Waals surface area contributed by atoms with Gasteiger partial charge in [0.05, 0.1) is 11.0 Å². The van der Waals surface area contributed by atoms with Crippen molar-refractivity contribution in [2.45, 2.75) is 31.5 Å².